The number of halogens is 5. The molecule has 3 aromatic rings. The molecule has 0 unspecified atom stereocenters. The molecule has 8 heteroatoms. The highest BCUT2D eigenvalue weighted by atomic mass is 32.1. The highest BCUT2D eigenvalue weighted by Crippen LogP contribution is 2.43. The maximum absolute atomic E-state index is 14.3. The predicted molar refractivity (Wildman–Crippen MR) is 97.5 cm³/mol. The standard InChI is InChI=1S/C20H13F5O2S/c1-26-13-8-12(15-16(21)18(23)20(25)19(24)17(15)22)14(27-2)7-11(13)9-3-5-10(28)6-4-9/h3-8,28H,1-2H3. The Hall–Kier alpha value is -2.74. The van der Waals surface area contributed by atoms with Crippen molar-refractivity contribution < 1.29 is 31.4 Å². The van der Waals surface area contributed by atoms with Crippen molar-refractivity contribution in [2.45, 2.75) is 4.90 Å². The predicted octanol–water partition coefficient (Wildman–Crippen LogP) is 6.02. The van der Waals surface area contributed by atoms with E-state index in [1.165, 1.54) is 26.4 Å². The molecule has 0 saturated carbocycles. The number of hydrogen-bond acceptors (Lipinski definition) is 3. The quantitative estimate of drug-likeness (QED) is 0.244. The summed E-state index contributed by atoms with van der Waals surface area (Å²) in [5, 5.41) is 0. The number of hydrogen-bond donors (Lipinski definition) is 1. The fourth-order valence-corrected chi connectivity index (χ4v) is 2.95. The molecule has 0 atom stereocenters. The summed E-state index contributed by atoms with van der Waals surface area (Å²) < 4.78 is 79.7. The highest BCUT2D eigenvalue weighted by molar-refractivity contribution is 7.80. The third-order valence-electron chi connectivity index (χ3n) is 4.18. The van der Waals surface area contributed by atoms with E-state index in [-0.39, 0.29) is 17.1 Å². The minimum Gasteiger partial charge on any atom is -0.496 e. The van der Waals surface area contributed by atoms with Crippen molar-refractivity contribution in [1.29, 1.82) is 0 Å². The van der Waals surface area contributed by atoms with Crippen molar-refractivity contribution in [2.24, 2.45) is 0 Å². The molecule has 0 radical (unpaired) electrons. The molecule has 2 nitrogen and oxygen atoms in total. The summed E-state index contributed by atoms with van der Waals surface area (Å²) in [5.41, 5.74) is -0.247. The lowest BCUT2D eigenvalue weighted by atomic mass is 9.96. The zero-order chi connectivity index (χ0) is 20.6. The first-order chi connectivity index (χ1) is 13.3. The molecule has 0 fully saturated rings. The van der Waals surface area contributed by atoms with Gasteiger partial charge in [0.1, 0.15) is 11.5 Å². The van der Waals surface area contributed by atoms with Crippen molar-refractivity contribution in [3.05, 3.63) is 65.5 Å². The smallest absolute Gasteiger partial charge is 0.200 e. The summed E-state index contributed by atoms with van der Waals surface area (Å²) in [6, 6.07) is 9.49. The lowest BCUT2D eigenvalue weighted by Gasteiger charge is -2.17. The third kappa shape index (κ3) is 3.28. The largest absolute Gasteiger partial charge is 0.496 e. The SMILES string of the molecule is COc1cc(-c2c(F)c(F)c(F)c(F)c2F)c(OC)cc1-c1ccc(S)cc1. The second-order valence-corrected chi connectivity index (χ2v) is 6.26. The van der Waals surface area contributed by atoms with Gasteiger partial charge in [0.2, 0.25) is 5.82 Å². The van der Waals surface area contributed by atoms with Gasteiger partial charge in [-0.3, -0.25) is 0 Å². The molecule has 0 amide bonds. The van der Waals surface area contributed by atoms with E-state index in [1.54, 1.807) is 24.3 Å². The van der Waals surface area contributed by atoms with E-state index >= 15 is 0 Å². The molecule has 0 aliphatic heterocycles. The molecule has 0 spiro atoms. The average molecular weight is 412 g/mol. The normalized spacial score (nSPS) is 10.9. The Bertz CT molecular complexity index is 1020. The Morgan fingerprint density at radius 1 is 0.643 bits per heavy atom. The third-order valence-corrected chi connectivity index (χ3v) is 4.48. The summed E-state index contributed by atoms with van der Waals surface area (Å²) in [6.45, 7) is 0. The number of ether oxygens (including phenoxy) is 2. The van der Waals surface area contributed by atoms with Crippen LogP contribution in [0.1, 0.15) is 0 Å². The fraction of sp³-hybridized carbons (Fsp3) is 0.100. The summed E-state index contributed by atoms with van der Waals surface area (Å²) >= 11 is 4.20. The van der Waals surface area contributed by atoms with Gasteiger partial charge in [0, 0.05) is 16.0 Å². The van der Waals surface area contributed by atoms with E-state index in [4.69, 9.17) is 9.47 Å². The van der Waals surface area contributed by atoms with E-state index in [9.17, 15) is 22.0 Å². The Labute approximate surface area is 162 Å². The molecule has 0 bridgehead atoms. The number of rotatable bonds is 4. The van der Waals surface area contributed by atoms with E-state index in [0.717, 1.165) is 0 Å². The molecule has 28 heavy (non-hydrogen) atoms. The van der Waals surface area contributed by atoms with Gasteiger partial charge in [-0.1, -0.05) is 12.1 Å². The number of thiol groups is 1. The topological polar surface area (TPSA) is 18.5 Å². The van der Waals surface area contributed by atoms with Crippen LogP contribution in [0.4, 0.5) is 22.0 Å². The molecule has 0 N–H and O–H groups in total. The molecule has 3 rings (SSSR count). The molecule has 0 aromatic heterocycles. The van der Waals surface area contributed by atoms with E-state index in [1.807, 2.05) is 0 Å². The van der Waals surface area contributed by atoms with E-state index in [2.05, 4.69) is 12.6 Å². The number of methoxy groups -OCH3 is 2. The van der Waals surface area contributed by atoms with Crippen molar-refractivity contribution in [3.63, 3.8) is 0 Å². The Balaban J connectivity index is 2.31. The molecule has 0 aliphatic carbocycles. The van der Waals surface area contributed by atoms with Gasteiger partial charge in [-0.05, 0) is 29.8 Å². The summed E-state index contributed by atoms with van der Waals surface area (Å²) in [5.74, 6) is -10.1. The van der Waals surface area contributed by atoms with Gasteiger partial charge in [-0.15, -0.1) is 12.6 Å². The molecule has 3 aromatic carbocycles. The van der Waals surface area contributed by atoms with Gasteiger partial charge >= 0.3 is 0 Å². The second-order valence-electron chi connectivity index (χ2n) is 5.74. The van der Waals surface area contributed by atoms with Gasteiger partial charge in [0.15, 0.2) is 23.3 Å². The lowest BCUT2D eigenvalue weighted by molar-refractivity contribution is 0.379. The van der Waals surface area contributed by atoms with Gasteiger partial charge in [0.25, 0.3) is 0 Å². The van der Waals surface area contributed by atoms with Gasteiger partial charge in [-0.2, -0.15) is 0 Å². The summed E-state index contributed by atoms with van der Waals surface area (Å²) in [6.07, 6.45) is 0. The molecule has 0 aliphatic rings. The maximum Gasteiger partial charge on any atom is 0.200 e. The van der Waals surface area contributed by atoms with Crippen LogP contribution in [0.15, 0.2) is 41.3 Å². The molecule has 0 heterocycles. The van der Waals surface area contributed by atoms with Gasteiger partial charge in [0.05, 0.1) is 19.8 Å². The Morgan fingerprint density at radius 3 is 1.57 bits per heavy atom. The number of benzene rings is 3. The lowest BCUT2D eigenvalue weighted by Crippen LogP contribution is -2.05. The first-order valence-corrected chi connectivity index (χ1v) is 8.32. The second kappa shape index (κ2) is 7.71. The molecule has 146 valence electrons. The first kappa shape index (κ1) is 20.0. The zero-order valence-electron chi connectivity index (χ0n) is 14.6. The van der Waals surface area contributed by atoms with Crippen molar-refractivity contribution in [2.75, 3.05) is 14.2 Å². The van der Waals surface area contributed by atoms with E-state index < -0.39 is 34.6 Å². The minimum absolute atomic E-state index is 0.0889. The highest BCUT2D eigenvalue weighted by Gasteiger charge is 2.29. The summed E-state index contributed by atoms with van der Waals surface area (Å²) in [4.78, 5) is 0.715. The van der Waals surface area contributed by atoms with Crippen molar-refractivity contribution >= 4 is 12.6 Å². The van der Waals surface area contributed by atoms with Crippen LogP contribution in [0.2, 0.25) is 0 Å². The van der Waals surface area contributed by atoms with Crippen LogP contribution >= 0.6 is 12.6 Å². The van der Waals surface area contributed by atoms with Crippen LogP contribution < -0.4 is 9.47 Å². The van der Waals surface area contributed by atoms with Crippen LogP contribution in [0, 0.1) is 29.1 Å². The average Bonchev–Trinajstić information content (AvgIpc) is 2.71. The summed E-state index contributed by atoms with van der Waals surface area (Å²) in [7, 11) is 2.54. The van der Waals surface area contributed by atoms with Crippen molar-refractivity contribution in [1.82, 2.24) is 0 Å². The fourth-order valence-electron chi connectivity index (χ4n) is 2.80. The van der Waals surface area contributed by atoms with Crippen LogP contribution in [0.5, 0.6) is 11.5 Å². The maximum atomic E-state index is 14.3. The van der Waals surface area contributed by atoms with Crippen LogP contribution in [0.3, 0.4) is 0 Å². The van der Waals surface area contributed by atoms with Crippen LogP contribution in [-0.4, -0.2) is 14.2 Å². The van der Waals surface area contributed by atoms with Gasteiger partial charge < -0.3 is 9.47 Å². The van der Waals surface area contributed by atoms with Crippen LogP contribution in [-0.2, 0) is 0 Å². The Kier molecular flexibility index (Phi) is 5.51. The van der Waals surface area contributed by atoms with E-state index in [0.29, 0.717) is 16.0 Å². The first-order valence-electron chi connectivity index (χ1n) is 7.87. The zero-order valence-corrected chi connectivity index (χ0v) is 15.5. The molecule has 0 saturated heterocycles. The molecular formula is C20H13F5O2S. The monoisotopic (exact) mass is 412 g/mol. The molecular weight excluding hydrogens is 399 g/mol. The van der Waals surface area contributed by atoms with Gasteiger partial charge in [-0.25, -0.2) is 22.0 Å². The Morgan fingerprint density at radius 2 is 1.07 bits per heavy atom. The van der Waals surface area contributed by atoms with Crippen molar-refractivity contribution in [3.8, 4) is 33.8 Å². The van der Waals surface area contributed by atoms with Crippen LogP contribution in [0.25, 0.3) is 22.3 Å². The minimum atomic E-state index is -2.23.